The van der Waals surface area contributed by atoms with Crippen LogP contribution in [-0.2, 0) is 0 Å². The smallest absolute Gasteiger partial charge is 0.406 e. The van der Waals surface area contributed by atoms with E-state index in [-0.39, 0.29) is 23.8 Å². The second kappa shape index (κ2) is 7.82. The van der Waals surface area contributed by atoms with Crippen LogP contribution in [0.1, 0.15) is 17.2 Å². The number of ether oxygens (including phenoxy) is 1. The van der Waals surface area contributed by atoms with Gasteiger partial charge in [-0.1, -0.05) is 18.2 Å². The number of halogens is 5. The first kappa shape index (κ1) is 20.2. The molecule has 2 aromatic carbocycles. The van der Waals surface area contributed by atoms with E-state index in [2.05, 4.69) is 20.7 Å². The van der Waals surface area contributed by atoms with Gasteiger partial charge >= 0.3 is 6.36 Å². The summed E-state index contributed by atoms with van der Waals surface area (Å²) in [6, 6.07) is 8.71. The van der Waals surface area contributed by atoms with Crippen LogP contribution in [0.2, 0.25) is 0 Å². The SMILES string of the molecule is Cl.N[C@H](c1ccc(OC(F)(F)F)cc1)c1ccc(Br)c([N+](=O)[O-])c1. The van der Waals surface area contributed by atoms with Crippen molar-refractivity contribution in [2.75, 3.05) is 0 Å². The Bertz CT molecular complexity index is 726. The van der Waals surface area contributed by atoms with Crippen LogP contribution in [0.3, 0.4) is 0 Å². The van der Waals surface area contributed by atoms with E-state index in [1.807, 2.05) is 0 Å². The Morgan fingerprint density at radius 2 is 1.67 bits per heavy atom. The van der Waals surface area contributed by atoms with Gasteiger partial charge in [0.25, 0.3) is 5.69 Å². The van der Waals surface area contributed by atoms with Crippen molar-refractivity contribution in [1.82, 2.24) is 0 Å². The molecule has 2 aromatic rings. The Kier molecular flexibility index (Phi) is 6.58. The highest BCUT2D eigenvalue weighted by Gasteiger charge is 2.31. The highest BCUT2D eigenvalue weighted by atomic mass is 79.9. The molecule has 0 heterocycles. The second-order valence-corrected chi connectivity index (χ2v) is 5.42. The number of hydrogen-bond acceptors (Lipinski definition) is 4. The van der Waals surface area contributed by atoms with Crippen LogP contribution in [0.4, 0.5) is 18.9 Å². The summed E-state index contributed by atoms with van der Waals surface area (Å²) in [6.07, 6.45) is -4.77. The van der Waals surface area contributed by atoms with Crippen molar-refractivity contribution >= 4 is 34.0 Å². The molecule has 130 valence electrons. The predicted molar refractivity (Wildman–Crippen MR) is 87.2 cm³/mol. The summed E-state index contributed by atoms with van der Waals surface area (Å²) in [5.41, 5.74) is 6.83. The average Bonchev–Trinajstić information content (AvgIpc) is 2.46. The number of rotatable bonds is 4. The van der Waals surface area contributed by atoms with E-state index in [0.717, 1.165) is 12.1 Å². The average molecular weight is 428 g/mol. The molecule has 0 saturated heterocycles. The van der Waals surface area contributed by atoms with E-state index >= 15 is 0 Å². The number of alkyl halides is 3. The van der Waals surface area contributed by atoms with Gasteiger partial charge in [0.05, 0.1) is 15.4 Å². The molecule has 10 heteroatoms. The fourth-order valence-corrected chi connectivity index (χ4v) is 2.32. The lowest BCUT2D eigenvalue weighted by Gasteiger charge is -2.14. The molecule has 24 heavy (non-hydrogen) atoms. The number of benzene rings is 2. The molecular formula is C14H11BrClF3N2O3. The molecule has 0 unspecified atom stereocenters. The first-order valence-electron chi connectivity index (χ1n) is 6.22. The highest BCUT2D eigenvalue weighted by Crippen LogP contribution is 2.30. The van der Waals surface area contributed by atoms with E-state index in [4.69, 9.17) is 5.73 Å². The molecule has 2 N–H and O–H groups in total. The summed E-state index contributed by atoms with van der Waals surface area (Å²) in [6.45, 7) is 0. The molecule has 0 saturated carbocycles. The summed E-state index contributed by atoms with van der Waals surface area (Å²) in [4.78, 5) is 10.4. The lowest BCUT2D eigenvalue weighted by atomic mass is 9.99. The van der Waals surface area contributed by atoms with Crippen LogP contribution in [0, 0.1) is 10.1 Å². The van der Waals surface area contributed by atoms with Crippen molar-refractivity contribution in [3.05, 3.63) is 68.2 Å². The van der Waals surface area contributed by atoms with Crippen molar-refractivity contribution < 1.29 is 22.8 Å². The number of nitrogens with two attached hydrogens (primary N) is 1. The van der Waals surface area contributed by atoms with Gasteiger partial charge in [0.15, 0.2) is 0 Å². The zero-order chi connectivity index (χ0) is 17.2. The van der Waals surface area contributed by atoms with Gasteiger partial charge in [0, 0.05) is 6.07 Å². The molecule has 0 aliphatic carbocycles. The molecule has 1 atom stereocenters. The Morgan fingerprint density at radius 3 is 2.17 bits per heavy atom. The summed E-state index contributed by atoms with van der Waals surface area (Å²) in [5.74, 6) is -0.366. The van der Waals surface area contributed by atoms with Gasteiger partial charge in [-0.25, -0.2) is 0 Å². The molecule has 0 amide bonds. The Morgan fingerprint density at radius 1 is 1.12 bits per heavy atom. The molecule has 0 aromatic heterocycles. The van der Waals surface area contributed by atoms with Gasteiger partial charge < -0.3 is 10.5 Å². The van der Waals surface area contributed by atoms with Crippen LogP contribution >= 0.6 is 28.3 Å². The third kappa shape index (κ3) is 5.08. The van der Waals surface area contributed by atoms with E-state index in [9.17, 15) is 23.3 Å². The second-order valence-electron chi connectivity index (χ2n) is 4.56. The van der Waals surface area contributed by atoms with Crippen molar-refractivity contribution in [2.45, 2.75) is 12.4 Å². The van der Waals surface area contributed by atoms with Gasteiger partial charge in [-0.15, -0.1) is 25.6 Å². The molecular weight excluding hydrogens is 417 g/mol. The van der Waals surface area contributed by atoms with Gasteiger partial charge in [-0.3, -0.25) is 10.1 Å². The van der Waals surface area contributed by atoms with E-state index in [0.29, 0.717) is 15.6 Å². The molecule has 0 aliphatic rings. The minimum atomic E-state index is -4.77. The first-order chi connectivity index (χ1) is 10.7. The van der Waals surface area contributed by atoms with Crippen molar-refractivity contribution in [3.8, 4) is 5.75 Å². The number of hydrogen-bond donors (Lipinski definition) is 1. The lowest BCUT2D eigenvalue weighted by Crippen LogP contribution is -2.17. The van der Waals surface area contributed by atoms with Gasteiger partial charge in [0.2, 0.25) is 0 Å². The Labute approximate surface area is 149 Å². The summed E-state index contributed by atoms with van der Waals surface area (Å²) in [5, 5.41) is 10.9. The zero-order valence-electron chi connectivity index (χ0n) is 11.8. The van der Waals surface area contributed by atoms with Crippen molar-refractivity contribution in [3.63, 3.8) is 0 Å². The van der Waals surface area contributed by atoms with Crippen LogP contribution in [0.25, 0.3) is 0 Å². The summed E-state index contributed by atoms with van der Waals surface area (Å²) < 4.78 is 40.4. The fourth-order valence-electron chi connectivity index (χ4n) is 1.93. The largest absolute Gasteiger partial charge is 0.573 e. The zero-order valence-corrected chi connectivity index (χ0v) is 14.2. The molecule has 0 fully saturated rings. The summed E-state index contributed by atoms with van der Waals surface area (Å²) in [7, 11) is 0. The maximum Gasteiger partial charge on any atom is 0.573 e. The van der Waals surface area contributed by atoms with E-state index < -0.39 is 17.3 Å². The van der Waals surface area contributed by atoms with Gasteiger partial charge in [0.1, 0.15) is 5.75 Å². The van der Waals surface area contributed by atoms with E-state index in [1.165, 1.54) is 24.3 Å². The number of nitro groups is 1. The molecule has 2 rings (SSSR count). The monoisotopic (exact) mass is 426 g/mol. The maximum absolute atomic E-state index is 12.1. The Hall–Kier alpha value is -1.84. The highest BCUT2D eigenvalue weighted by molar-refractivity contribution is 9.10. The van der Waals surface area contributed by atoms with Crippen molar-refractivity contribution in [1.29, 1.82) is 0 Å². The molecule has 0 radical (unpaired) electrons. The van der Waals surface area contributed by atoms with Crippen LogP contribution in [0.15, 0.2) is 46.9 Å². The standard InChI is InChI=1S/C14H10BrF3N2O3.ClH/c15-11-6-3-9(7-12(11)20(21)22)13(19)8-1-4-10(5-2-8)23-14(16,17)18;/h1-7,13H,19H2;1H/t13-;/m1./s1. The van der Waals surface area contributed by atoms with Crippen molar-refractivity contribution in [2.24, 2.45) is 5.73 Å². The fraction of sp³-hybridized carbons (Fsp3) is 0.143. The minimum absolute atomic E-state index is 0. The van der Waals surface area contributed by atoms with Crippen LogP contribution in [0.5, 0.6) is 5.75 Å². The summed E-state index contributed by atoms with van der Waals surface area (Å²) >= 11 is 3.07. The lowest BCUT2D eigenvalue weighted by molar-refractivity contribution is -0.385. The third-order valence-electron chi connectivity index (χ3n) is 3.00. The number of nitro benzene ring substituents is 1. The molecule has 0 bridgehead atoms. The van der Waals surface area contributed by atoms with E-state index in [1.54, 1.807) is 6.07 Å². The quantitative estimate of drug-likeness (QED) is 0.565. The van der Waals surface area contributed by atoms with Gasteiger partial charge in [-0.05, 0) is 45.3 Å². The van der Waals surface area contributed by atoms with Gasteiger partial charge in [-0.2, -0.15) is 0 Å². The predicted octanol–water partition coefficient (Wildman–Crippen LogP) is 4.73. The normalized spacial score (nSPS) is 12.2. The molecule has 5 nitrogen and oxygen atoms in total. The van der Waals surface area contributed by atoms with Crippen LogP contribution in [-0.4, -0.2) is 11.3 Å². The maximum atomic E-state index is 12.1. The molecule has 0 spiro atoms. The topological polar surface area (TPSA) is 78.4 Å². The third-order valence-corrected chi connectivity index (χ3v) is 3.67. The number of nitrogens with zero attached hydrogens (tertiary/aromatic N) is 1. The first-order valence-corrected chi connectivity index (χ1v) is 7.02. The Balaban J connectivity index is 0.00000288. The molecule has 0 aliphatic heterocycles. The minimum Gasteiger partial charge on any atom is -0.406 e. The van der Waals surface area contributed by atoms with Crippen LogP contribution < -0.4 is 10.5 Å².